The molecule has 0 fully saturated rings. The number of aryl methyl sites for hydroxylation is 2. The highest BCUT2D eigenvalue weighted by Gasteiger charge is 2.10. The van der Waals surface area contributed by atoms with E-state index in [1.165, 1.54) is 17.3 Å². The SMILES string of the molecule is Cc1ccc(OCCOCCOc2c(Cl)cc(/C=N\NC(=O)Cc3nnc(N)s3)cc2Cl)cc1C. The number of hydrogen-bond donors (Lipinski definition) is 2. The summed E-state index contributed by atoms with van der Waals surface area (Å²) in [6.07, 6.45) is 1.45. The fourth-order valence-corrected chi connectivity index (χ4v) is 4.03. The van der Waals surface area contributed by atoms with E-state index in [9.17, 15) is 4.79 Å². The van der Waals surface area contributed by atoms with Crippen LogP contribution >= 0.6 is 34.5 Å². The molecule has 2 aromatic carbocycles. The van der Waals surface area contributed by atoms with E-state index >= 15 is 0 Å². The predicted octanol–water partition coefficient (Wildman–Crippen LogP) is 4.21. The molecule has 0 aliphatic heterocycles. The lowest BCUT2D eigenvalue weighted by atomic mass is 10.1. The van der Waals surface area contributed by atoms with Crippen molar-refractivity contribution in [1.82, 2.24) is 15.6 Å². The first-order chi connectivity index (χ1) is 16.8. The average Bonchev–Trinajstić information content (AvgIpc) is 3.21. The molecule has 3 aromatic rings. The summed E-state index contributed by atoms with van der Waals surface area (Å²) in [6.45, 7) is 5.57. The van der Waals surface area contributed by atoms with E-state index in [4.69, 9.17) is 43.1 Å². The molecule has 186 valence electrons. The molecule has 0 aliphatic rings. The minimum Gasteiger partial charge on any atom is -0.491 e. The fourth-order valence-electron chi connectivity index (χ4n) is 2.81. The molecular formula is C23H25Cl2N5O4S. The van der Waals surface area contributed by atoms with Gasteiger partial charge >= 0.3 is 0 Å². The Morgan fingerprint density at radius 3 is 2.43 bits per heavy atom. The van der Waals surface area contributed by atoms with Gasteiger partial charge in [-0.15, -0.1) is 10.2 Å². The molecular weight excluding hydrogens is 513 g/mol. The smallest absolute Gasteiger partial charge is 0.247 e. The minimum atomic E-state index is -0.353. The van der Waals surface area contributed by atoms with Crippen LogP contribution in [-0.2, 0) is 16.0 Å². The Kier molecular flexibility index (Phi) is 10.1. The molecule has 1 heterocycles. The molecule has 0 aliphatic carbocycles. The van der Waals surface area contributed by atoms with Gasteiger partial charge < -0.3 is 19.9 Å². The average molecular weight is 538 g/mol. The maximum atomic E-state index is 11.9. The number of nitrogens with two attached hydrogens (primary N) is 1. The second kappa shape index (κ2) is 13.2. The zero-order chi connectivity index (χ0) is 25.2. The lowest BCUT2D eigenvalue weighted by Crippen LogP contribution is -2.19. The van der Waals surface area contributed by atoms with Crippen molar-refractivity contribution in [3.05, 3.63) is 62.1 Å². The summed E-state index contributed by atoms with van der Waals surface area (Å²) in [6, 6.07) is 9.22. The number of nitrogen functional groups attached to an aromatic ring is 1. The summed E-state index contributed by atoms with van der Waals surface area (Å²) in [5.74, 6) is 0.809. The zero-order valence-corrected chi connectivity index (χ0v) is 21.5. The van der Waals surface area contributed by atoms with E-state index in [1.54, 1.807) is 12.1 Å². The summed E-state index contributed by atoms with van der Waals surface area (Å²) in [5, 5.41) is 12.8. The van der Waals surface area contributed by atoms with Gasteiger partial charge in [0.05, 0.1) is 35.9 Å². The molecule has 0 bridgehead atoms. The van der Waals surface area contributed by atoms with E-state index in [-0.39, 0.29) is 18.9 Å². The fraction of sp³-hybridized carbons (Fsp3) is 0.304. The largest absolute Gasteiger partial charge is 0.491 e. The topological polar surface area (TPSA) is 121 Å². The lowest BCUT2D eigenvalue weighted by Gasteiger charge is -2.12. The Labute approximate surface area is 217 Å². The molecule has 3 N–H and O–H groups in total. The lowest BCUT2D eigenvalue weighted by molar-refractivity contribution is -0.120. The summed E-state index contributed by atoms with van der Waals surface area (Å²) >= 11 is 13.7. The highest BCUT2D eigenvalue weighted by molar-refractivity contribution is 7.15. The molecule has 0 radical (unpaired) electrons. The van der Waals surface area contributed by atoms with Crippen molar-refractivity contribution in [3.63, 3.8) is 0 Å². The van der Waals surface area contributed by atoms with E-state index in [0.29, 0.717) is 51.3 Å². The summed E-state index contributed by atoms with van der Waals surface area (Å²) < 4.78 is 16.9. The highest BCUT2D eigenvalue weighted by Crippen LogP contribution is 2.33. The van der Waals surface area contributed by atoms with E-state index < -0.39 is 0 Å². The van der Waals surface area contributed by atoms with Crippen LogP contribution in [0.4, 0.5) is 5.13 Å². The van der Waals surface area contributed by atoms with Gasteiger partial charge in [0.25, 0.3) is 0 Å². The number of aromatic nitrogens is 2. The van der Waals surface area contributed by atoms with E-state index in [0.717, 1.165) is 17.1 Å². The van der Waals surface area contributed by atoms with Gasteiger partial charge in [0, 0.05) is 0 Å². The number of amides is 1. The molecule has 9 nitrogen and oxygen atoms in total. The van der Waals surface area contributed by atoms with Crippen molar-refractivity contribution in [2.45, 2.75) is 20.3 Å². The molecule has 35 heavy (non-hydrogen) atoms. The summed E-state index contributed by atoms with van der Waals surface area (Å²) in [4.78, 5) is 11.9. The van der Waals surface area contributed by atoms with Crippen LogP contribution in [0, 0.1) is 13.8 Å². The number of ether oxygens (including phenoxy) is 3. The van der Waals surface area contributed by atoms with Gasteiger partial charge in [-0.05, 0) is 54.8 Å². The Bertz CT molecular complexity index is 1170. The third-order valence-electron chi connectivity index (χ3n) is 4.67. The normalized spacial score (nSPS) is 11.1. The number of nitrogens with zero attached hydrogens (tertiary/aromatic N) is 3. The van der Waals surface area contributed by atoms with Gasteiger partial charge in [-0.2, -0.15) is 5.10 Å². The summed E-state index contributed by atoms with van der Waals surface area (Å²) in [7, 11) is 0. The van der Waals surface area contributed by atoms with Gasteiger partial charge in [0.1, 0.15) is 24.0 Å². The van der Waals surface area contributed by atoms with Crippen LogP contribution in [0.2, 0.25) is 10.0 Å². The number of rotatable bonds is 12. The van der Waals surface area contributed by atoms with Crippen molar-refractivity contribution in [2.75, 3.05) is 32.2 Å². The summed E-state index contributed by atoms with van der Waals surface area (Å²) in [5.41, 5.74) is 10.9. The zero-order valence-electron chi connectivity index (χ0n) is 19.2. The number of benzene rings is 2. The highest BCUT2D eigenvalue weighted by atomic mass is 35.5. The number of carbonyl (C=O) groups excluding carboxylic acids is 1. The molecule has 0 saturated heterocycles. The molecule has 1 aromatic heterocycles. The number of carbonyl (C=O) groups is 1. The van der Waals surface area contributed by atoms with Crippen LogP contribution in [0.25, 0.3) is 0 Å². The van der Waals surface area contributed by atoms with Crippen molar-refractivity contribution < 1.29 is 19.0 Å². The second-order valence-electron chi connectivity index (χ2n) is 7.37. The minimum absolute atomic E-state index is 0.0281. The van der Waals surface area contributed by atoms with Crippen LogP contribution in [0.5, 0.6) is 11.5 Å². The first-order valence-electron chi connectivity index (χ1n) is 10.6. The number of halogens is 2. The molecule has 0 saturated carbocycles. The first kappa shape index (κ1) is 26.7. The maximum Gasteiger partial charge on any atom is 0.247 e. The third kappa shape index (κ3) is 8.66. The van der Waals surface area contributed by atoms with Crippen LogP contribution in [-0.4, -0.2) is 48.7 Å². The van der Waals surface area contributed by atoms with Gasteiger partial charge in [0.2, 0.25) is 11.0 Å². The van der Waals surface area contributed by atoms with Crippen molar-refractivity contribution >= 4 is 51.8 Å². The number of anilines is 1. The molecule has 12 heteroatoms. The molecule has 3 rings (SSSR count). The van der Waals surface area contributed by atoms with Gasteiger partial charge in [-0.25, -0.2) is 5.43 Å². The molecule has 1 amide bonds. The monoisotopic (exact) mass is 537 g/mol. The van der Waals surface area contributed by atoms with Gasteiger partial charge in [-0.1, -0.05) is 40.6 Å². The predicted molar refractivity (Wildman–Crippen MR) is 138 cm³/mol. The van der Waals surface area contributed by atoms with E-state index in [2.05, 4.69) is 27.6 Å². The van der Waals surface area contributed by atoms with Gasteiger partial charge in [0.15, 0.2) is 5.75 Å². The molecule has 0 spiro atoms. The van der Waals surface area contributed by atoms with Crippen molar-refractivity contribution in [3.8, 4) is 11.5 Å². The molecule has 0 atom stereocenters. The van der Waals surface area contributed by atoms with Crippen molar-refractivity contribution in [1.29, 1.82) is 0 Å². The Morgan fingerprint density at radius 2 is 1.77 bits per heavy atom. The van der Waals surface area contributed by atoms with Crippen LogP contribution in [0.3, 0.4) is 0 Å². The Morgan fingerprint density at radius 1 is 1.06 bits per heavy atom. The van der Waals surface area contributed by atoms with Crippen LogP contribution < -0.4 is 20.6 Å². The van der Waals surface area contributed by atoms with Crippen LogP contribution in [0.15, 0.2) is 35.4 Å². The molecule has 0 unspecified atom stereocenters. The number of hydrazone groups is 1. The standard InChI is InChI=1S/C23H25Cl2N5O4S/c1-14-3-4-17(9-15(14)2)33-7-5-32-6-8-34-22-18(24)10-16(11-19(22)25)13-27-28-20(31)12-21-29-30-23(26)35-21/h3-4,9-11,13H,5-8,12H2,1-2H3,(H2,26,30)(H,28,31)/b27-13-. The van der Waals surface area contributed by atoms with Gasteiger partial charge in [-0.3, -0.25) is 4.79 Å². The van der Waals surface area contributed by atoms with Crippen molar-refractivity contribution in [2.24, 2.45) is 5.10 Å². The Hall–Kier alpha value is -2.92. The van der Waals surface area contributed by atoms with E-state index in [1.807, 2.05) is 25.1 Å². The maximum absolute atomic E-state index is 11.9. The number of hydrogen-bond acceptors (Lipinski definition) is 9. The van der Waals surface area contributed by atoms with Crippen LogP contribution in [0.1, 0.15) is 21.7 Å². The number of nitrogens with one attached hydrogen (secondary N) is 1. The quantitative estimate of drug-likeness (QED) is 0.201. The first-order valence-corrected chi connectivity index (χ1v) is 12.2. The second-order valence-corrected chi connectivity index (χ2v) is 9.28. The third-order valence-corrected chi connectivity index (χ3v) is 5.98. The Balaban J connectivity index is 1.37.